The summed E-state index contributed by atoms with van der Waals surface area (Å²) in [6.45, 7) is 1.52. The molecule has 1 N–H and O–H groups in total. The molecular formula is C19H27ClN2O2. The summed E-state index contributed by atoms with van der Waals surface area (Å²) >= 11 is 6.03. The van der Waals surface area contributed by atoms with Crippen molar-refractivity contribution in [3.05, 3.63) is 23.2 Å². The van der Waals surface area contributed by atoms with Crippen LogP contribution in [0.3, 0.4) is 0 Å². The van der Waals surface area contributed by atoms with Gasteiger partial charge < -0.3 is 10.1 Å². The van der Waals surface area contributed by atoms with Crippen molar-refractivity contribution in [3.63, 3.8) is 0 Å². The number of hydrogen-bond donors (Lipinski definition) is 1. The number of carbonyl (C=O) groups excluding carboxylic acids is 1. The molecule has 0 saturated heterocycles. The summed E-state index contributed by atoms with van der Waals surface area (Å²) in [5.74, 6) is 1.41. The molecule has 0 aromatic heterocycles. The summed E-state index contributed by atoms with van der Waals surface area (Å²) in [4.78, 5) is 14.9. The largest absolute Gasteiger partial charge is 0.495 e. The van der Waals surface area contributed by atoms with Gasteiger partial charge in [0.05, 0.1) is 19.3 Å². The van der Waals surface area contributed by atoms with Crippen LogP contribution in [-0.4, -0.2) is 37.0 Å². The number of nitrogens with one attached hydrogen (secondary N) is 1. The van der Waals surface area contributed by atoms with Crippen LogP contribution in [0.4, 0.5) is 5.69 Å². The van der Waals surface area contributed by atoms with E-state index in [1.165, 1.54) is 44.9 Å². The van der Waals surface area contributed by atoms with Crippen LogP contribution in [0, 0.1) is 5.92 Å². The number of nitrogens with zero attached hydrogens (tertiary/aromatic N) is 1. The van der Waals surface area contributed by atoms with Crippen LogP contribution in [-0.2, 0) is 4.79 Å². The second-order valence-electron chi connectivity index (χ2n) is 7.06. The summed E-state index contributed by atoms with van der Waals surface area (Å²) in [5, 5.41) is 3.55. The van der Waals surface area contributed by atoms with Crippen molar-refractivity contribution in [2.45, 2.75) is 51.0 Å². The zero-order valence-electron chi connectivity index (χ0n) is 14.4. The highest BCUT2D eigenvalue weighted by Gasteiger charge is 2.32. The quantitative estimate of drug-likeness (QED) is 0.795. The number of benzene rings is 1. The molecule has 0 spiro atoms. The minimum atomic E-state index is 0.0123. The molecular weight excluding hydrogens is 324 g/mol. The fourth-order valence-corrected chi connectivity index (χ4v) is 3.81. The molecule has 24 heavy (non-hydrogen) atoms. The standard InChI is InChI=1S/C19H27ClN2O2/c1-24-18-10-7-15(20)11-17(18)21-19(23)13-22(16-8-9-16)12-14-5-3-2-4-6-14/h7,10-11,14,16H,2-6,8-9,12-13H2,1H3,(H,21,23). The number of anilines is 1. The van der Waals surface area contributed by atoms with E-state index in [9.17, 15) is 4.79 Å². The molecule has 0 heterocycles. The third kappa shape index (κ3) is 4.87. The summed E-state index contributed by atoms with van der Waals surface area (Å²) in [6, 6.07) is 5.87. The first-order valence-electron chi connectivity index (χ1n) is 9.03. The minimum absolute atomic E-state index is 0.0123. The molecule has 3 rings (SSSR count). The molecule has 0 bridgehead atoms. The van der Waals surface area contributed by atoms with E-state index >= 15 is 0 Å². The molecule has 0 aliphatic heterocycles. The maximum atomic E-state index is 12.5. The Morgan fingerprint density at radius 2 is 2.00 bits per heavy atom. The summed E-state index contributed by atoms with van der Waals surface area (Å²) in [6.07, 6.45) is 9.13. The van der Waals surface area contributed by atoms with Gasteiger partial charge in [0.15, 0.2) is 0 Å². The lowest BCUT2D eigenvalue weighted by molar-refractivity contribution is -0.117. The Morgan fingerprint density at radius 3 is 2.67 bits per heavy atom. The number of halogens is 1. The number of rotatable bonds is 7. The highest BCUT2D eigenvalue weighted by molar-refractivity contribution is 6.31. The maximum Gasteiger partial charge on any atom is 0.238 e. The summed E-state index contributed by atoms with van der Waals surface area (Å²) in [5.41, 5.74) is 0.642. The lowest BCUT2D eigenvalue weighted by atomic mass is 9.89. The molecule has 4 nitrogen and oxygen atoms in total. The van der Waals surface area contributed by atoms with E-state index in [1.807, 2.05) is 0 Å². The minimum Gasteiger partial charge on any atom is -0.495 e. The number of ether oxygens (including phenoxy) is 1. The van der Waals surface area contributed by atoms with Gasteiger partial charge in [-0.05, 0) is 49.8 Å². The predicted octanol–water partition coefficient (Wildman–Crippen LogP) is 4.33. The van der Waals surface area contributed by atoms with Crippen LogP contribution in [0.1, 0.15) is 44.9 Å². The van der Waals surface area contributed by atoms with Gasteiger partial charge in [-0.1, -0.05) is 30.9 Å². The normalized spacial score (nSPS) is 18.6. The number of amides is 1. The SMILES string of the molecule is COc1ccc(Cl)cc1NC(=O)CN(CC1CCCCC1)C1CC1. The zero-order chi connectivity index (χ0) is 16.9. The van der Waals surface area contributed by atoms with Crippen LogP contribution in [0.15, 0.2) is 18.2 Å². The molecule has 2 aliphatic carbocycles. The van der Waals surface area contributed by atoms with Gasteiger partial charge >= 0.3 is 0 Å². The molecule has 2 aliphatic rings. The van der Waals surface area contributed by atoms with Crippen LogP contribution >= 0.6 is 11.6 Å². The van der Waals surface area contributed by atoms with E-state index in [4.69, 9.17) is 16.3 Å². The van der Waals surface area contributed by atoms with Crippen molar-refractivity contribution in [1.29, 1.82) is 0 Å². The molecule has 0 radical (unpaired) electrons. The molecule has 2 saturated carbocycles. The fourth-order valence-electron chi connectivity index (χ4n) is 3.64. The lowest BCUT2D eigenvalue weighted by Gasteiger charge is -2.29. The average molecular weight is 351 g/mol. The van der Waals surface area contributed by atoms with Crippen molar-refractivity contribution < 1.29 is 9.53 Å². The monoisotopic (exact) mass is 350 g/mol. The summed E-state index contributed by atoms with van der Waals surface area (Å²) < 4.78 is 5.30. The topological polar surface area (TPSA) is 41.6 Å². The smallest absolute Gasteiger partial charge is 0.238 e. The van der Waals surface area contributed by atoms with E-state index in [-0.39, 0.29) is 5.91 Å². The van der Waals surface area contributed by atoms with Crippen molar-refractivity contribution >= 4 is 23.2 Å². The van der Waals surface area contributed by atoms with Gasteiger partial charge in [0.1, 0.15) is 5.75 Å². The average Bonchev–Trinajstić information content (AvgIpc) is 3.40. The van der Waals surface area contributed by atoms with Crippen molar-refractivity contribution in [2.24, 2.45) is 5.92 Å². The molecule has 0 unspecified atom stereocenters. The number of hydrogen-bond acceptors (Lipinski definition) is 3. The van der Waals surface area contributed by atoms with Crippen LogP contribution in [0.5, 0.6) is 5.75 Å². The maximum absolute atomic E-state index is 12.5. The van der Waals surface area contributed by atoms with Crippen LogP contribution < -0.4 is 10.1 Å². The van der Waals surface area contributed by atoms with E-state index in [1.54, 1.807) is 25.3 Å². The molecule has 2 fully saturated rings. The number of carbonyl (C=O) groups is 1. The zero-order valence-corrected chi connectivity index (χ0v) is 15.1. The van der Waals surface area contributed by atoms with Gasteiger partial charge in [-0.15, -0.1) is 0 Å². The Bertz CT molecular complexity index is 568. The fraction of sp³-hybridized carbons (Fsp3) is 0.632. The third-order valence-corrected chi connectivity index (χ3v) is 5.30. The second-order valence-corrected chi connectivity index (χ2v) is 7.49. The van der Waals surface area contributed by atoms with Crippen LogP contribution in [0.25, 0.3) is 0 Å². The van der Waals surface area contributed by atoms with E-state index in [0.29, 0.717) is 29.0 Å². The molecule has 1 aromatic rings. The Morgan fingerprint density at radius 1 is 1.25 bits per heavy atom. The first-order valence-corrected chi connectivity index (χ1v) is 9.41. The highest BCUT2D eigenvalue weighted by atomic mass is 35.5. The van der Waals surface area contributed by atoms with Crippen molar-refractivity contribution in [2.75, 3.05) is 25.5 Å². The second kappa shape index (κ2) is 8.21. The van der Waals surface area contributed by atoms with E-state index in [2.05, 4.69) is 10.2 Å². The van der Waals surface area contributed by atoms with Gasteiger partial charge in [-0.3, -0.25) is 9.69 Å². The summed E-state index contributed by atoms with van der Waals surface area (Å²) in [7, 11) is 1.60. The van der Waals surface area contributed by atoms with Crippen molar-refractivity contribution in [3.8, 4) is 5.75 Å². The van der Waals surface area contributed by atoms with Gasteiger partial charge in [0.2, 0.25) is 5.91 Å². The van der Waals surface area contributed by atoms with E-state index < -0.39 is 0 Å². The predicted molar refractivity (Wildman–Crippen MR) is 97.8 cm³/mol. The van der Waals surface area contributed by atoms with Crippen LogP contribution in [0.2, 0.25) is 5.02 Å². The first kappa shape index (κ1) is 17.6. The molecule has 132 valence electrons. The van der Waals surface area contributed by atoms with Gasteiger partial charge in [-0.25, -0.2) is 0 Å². The van der Waals surface area contributed by atoms with Gasteiger partial charge in [0, 0.05) is 17.6 Å². The Hall–Kier alpha value is -1.26. The van der Waals surface area contributed by atoms with Gasteiger partial charge in [-0.2, -0.15) is 0 Å². The Labute approximate surface area is 149 Å². The lowest BCUT2D eigenvalue weighted by Crippen LogP contribution is -2.38. The van der Waals surface area contributed by atoms with Crippen molar-refractivity contribution in [1.82, 2.24) is 4.90 Å². The third-order valence-electron chi connectivity index (χ3n) is 5.06. The van der Waals surface area contributed by atoms with E-state index in [0.717, 1.165) is 12.5 Å². The first-order chi connectivity index (χ1) is 11.7. The Balaban J connectivity index is 1.58. The van der Waals surface area contributed by atoms with Gasteiger partial charge in [0.25, 0.3) is 0 Å². The molecule has 1 aromatic carbocycles. The highest BCUT2D eigenvalue weighted by Crippen LogP contribution is 2.32. The Kier molecular flexibility index (Phi) is 6.01. The molecule has 0 atom stereocenters. The number of methoxy groups -OCH3 is 1. The molecule has 5 heteroatoms. The molecule has 1 amide bonds.